The minimum atomic E-state index is 0.599. The highest BCUT2D eigenvalue weighted by atomic mass is 14.8. The first-order valence-corrected chi connectivity index (χ1v) is 3.41. The van der Waals surface area contributed by atoms with Crippen LogP contribution in [0, 0.1) is 5.92 Å². The molecule has 0 saturated heterocycles. The zero-order valence-electron chi connectivity index (χ0n) is 6.31. The lowest BCUT2D eigenvalue weighted by molar-refractivity contribution is 0.887. The Labute approximate surface area is 56.5 Å². The second kappa shape index (κ2) is 2.34. The molecule has 1 aliphatic rings. The smallest absolute Gasteiger partial charge is 0.0604 e. The van der Waals surface area contributed by atoms with Gasteiger partial charge in [-0.25, -0.2) is 0 Å². The number of hydrogen-bond donors (Lipinski definition) is 0. The first-order chi connectivity index (χ1) is 4.20. The third kappa shape index (κ3) is 1.41. The molecule has 0 N–H and O–H groups in total. The molecule has 0 amide bonds. The highest BCUT2D eigenvalue weighted by Gasteiger charge is 2.06. The third-order valence-corrected chi connectivity index (χ3v) is 1.50. The van der Waals surface area contributed by atoms with E-state index >= 15 is 0 Å². The molecule has 1 rings (SSSR count). The van der Waals surface area contributed by atoms with Crippen molar-refractivity contribution in [3.05, 3.63) is 11.6 Å². The van der Waals surface area contributed by atoms with Gasteiger partial charge in [0.15, 0.2) is 0 Å². The number of allylic oxidation sites excluding steroid dienone is 1. The van der Waals surface area contributed by atoms with Crippen molar-refractivity contribution in [1.29, 1.82) is 0 Å². The fourth-order valence-corrected chi connectivity index (χ4v) is 0.909. The van der Waals surface area contributed by atoms with Gasteiger partial charge in [0.05, 0.1) is 6.54 Å². The molecule has 0 aliphatic carbocycles. The van der Waals surface area contributed by atoms with E-state index in [1.54, 1.807) is 0 Å². The van der Waals surface area contributed by atoms with E-state index in [4.69, 9.17) is 0 Å². The Morgan fingerprint density at radius 1 is 1.56 bits per heavy atom. The van der Waals surface area contributed by atoms with E-state index in [0.29, 0.717) is 5.92 Å². The van der Waals surface area contributed by atoms with Crippen molar-refractivity contribution in [2.45, 2.75) is 20.8 Å². The zero-order chi connectivity index (χ0) is 6.85. The first-order valence-electron chi connectivity index (χ1n) is 3.41. The van der Waals surface area contributed by atoms with Crippen molar-refractivity contribution in [2.75, 3.05) is 6.54 Å². The molecule has 0 unspecified atom stereocenters. The fourth-order valence-electron chi connectivity index (χ4n) is 0.909. The van der Waals surface area contributed by atoms with Gasteiger partial charge in [-0.2, -0.15) is 0 Å². The van der Waals surface area contributed by atoms with E-state index in [1.165, 1.54) is 11.3 Å². The van der Waals surface area contributed by atoms with Gasteiger partial charge < -0.3 is 0 Å². The third-order valence-electron chi connectivity index (χ3n) is 1.50. The van der Waals surface area contributed by atoms with E-state index in [1.807, 2.05) is 0 Å². The van der Waals surface area contributed by atoms with Crippen LogP contribution in [0.5, 0.6) is 0 Å². The van der Waals surface area contributed by atoms with Gasteiger partial charge in [0.1, 0.15) is 0 Å². The molecule has 1 heterocycles. The molecule has 0 fully saturated rings. The Bertz CT molecular complexity index is 163. The van der Waals surface area contributed by atoms with Crippen LogP contribution in [0.25, 0.3) is 0 Å². The van der Waals surface area contributed by atoms with Gasteiger partial charge in [-0.1, -0.05) is 19.4 Å². The Morgan fingerprint density at radius 3 is 2.44 bits per heavy atom. The Balaban J connectivity index is 2.64. The van der Waals surface area contributed by atoms with Crippen LogP contribution in [-0.4, -0.2) is 12.3 Å². The topological polar surface area (TPSA) is 12.4 Å². The van der Waals surface area contributed by atoms with Gasteiger partial charge in [-0.15, -0.1) is 0 Å². The molecule has 1 nitrogen and oxygen atoms in total. The molecule has 50 valence electrons. The SMILES string of the molecule is CC1=CC(C(C)C)=NC1. The van der Waals surface area contributed by atoms with Crippen LogP contribution in [0.1, 0.15) is 20.8 Å². The Hall–Kier alpha value is -0.590. The summed E-state index contributed by atoms with van der Waals surface area (Å²) in [6, 6.07) is 0. The second-order valence-electron chi connectivity index (χ2n) is 2.89. The molecule has 0 aromatic carbocycles. The minimum absolute atomic E-state index is 0.599. The molecule has 0 aromatic rings. The summed E-state index contributed by atoms with van der Waals surface area (Å²) in [5.74, 6) is 0.599. The number of aliphatic imine (C=N–C) groups is 1. The van der Waals surface area contributed by atoms with E-state index in [9.17, 15) is 0 Å². The maximum absolute atomic E-state index is 4.34. The molecule has 1 heteroatoms. The molecule has 0 saturated carbocycles. The highest BCUT2D eigenvalue weighted by Crippen LogP contribution is 2.09. The summed E-state index contributed by atoms with van der Waals surface area (Å²) < 4.78 is 0. The number of nitrogens with zero attached hydrogens (tertiary/aromatic N) is 1. The van der Waals surface area contributed by atoms with E-state index in [0.717, 1.165) is 6.54 Å². The van der Waals surface area contributed by atoms with E-state index in [2.05, 4.69) is 31.8 Å². The van der Waals surface area contributed by atoms with Gasteiger partial charge in [0.2, 0.25) is 0 Å². The van der Waals surface area contributed by atoms with Crippen LogP contribution in [0.2, 0.25) is 0 Å². The Kier molecular flexibility index (Phi) is 1.70. The average Bonchev–Trinajstić information content (AvgIpc) is 2.14. The number of rotatable bonds is 1. The molecule has 0 radical (unpaired) electrons. The summed E-state index contributed by atoms with van der Waals surface area (Å²) in [5, 5.41) is 0. The molecule has 0 spiro atoms. The predicted octanol–water partition coefficient (Wildman–Crippen LogP) is 2.04. The summed E-state index contributed by atoms with van der Waals surface area (Å²) in [4.78, 5) is 4.34. The highest BCUT2D eigenvalue weighted by molar-refractivity contribution is 5.98. The van der Waals surface area contributed by atoms with E-state index in [-0.39, 0.29) is 0 Å². The van der Waals surface area contributed by atoms with Crippen molar-refractivity contribution in [3.8, 4) is 0 Å². The van der Waals surface area contributed by atoms with Crippen molar-refractivity contribution in [1.82, 2.24) is 0 Å². The molecule has 0 atom stereocenters. The van der Waals surface area contributed by atoms with Crippen LogP contribution >= 0.6 is 0 Å². The average molecular weight is 123 g/mol. The largest absolute Gasteiger partial charge is 0.285 e. The van der Waals surface area contributed by atoms with Crippen molar-refractivity contribution < 1.29 is 0 Å². The normalized spacial score (nSPS) is 18.2. The van der Waals surface area contributed by atoms with Gasteiger partial charge in [-0.05, 0) is 18.9 Å². The second-order valence-corrected chi connectivity index (χ2v) is 2.89. The lowest BCUT2D eigenvalue weighted by Gasteiger charge is -1.98. The lowest BCUT2D eigenvalue weighted by atomic mass is 10.1. The van der Waals surface area contributed by atoms with Gasteiger partial charge >= 0.3 is 0 Å². The van der Waals surface area contributed by atoms with Gasteiger partial charge in [-0.3, -0.25) is 4.99 Å². The molecular weight excluding hydrogens is 110 g/mol. The lowest BCUT2D eigenvalue weighted by Crippen LogP contribution is -2.00. The number of hydrogen-bond acceptors (Lipinski definition) is 1. The quantitative estimate of drug-likeness (QED) is 0.506. The zero-order valence-corrected chi connectivity index (χ0v) is 6.31. The monoisotopic (exact) mass is 123 g/mol. The molecule has 0 bridgehead atoms. The van der Waals surface area contributed by atoms with Crippen molar-refractivity contribution in [2.24, 2.45) is 10.9 Å². The van der Waals surface area contributed by atoms with Crippen molar-refractivity contribution in [3.63, 3.8) is 0 Å². The van der Waals surface area contributed by atoms with Gasteiger partial charge in [0.25, 0.3) is 0 Å². The summed E-state index contributed by atoms with van der Waals surface area (Å²) in [6.07, 6.45) is 2.19. The fraction of sp³-hybridized carbons (Fsp3) is 0.625. The predicted molar refractivity (Wildman–Crippen MR) is 40.9 cm³/mol. The standard InChI is InChI=1S/C8H13N/c1-6(2)8-4-7(3)5-9-8/h4,6H,5H2,1-3H3. The van der Waals surface area contributed by atoms with Crippen LogP contribution in [0.4, 0.5) is 0 Å². The molecule has 9 heavy (non-hydrogen) atoms. The Morgan fingerprint density at radius 2 is 2.22 bits per heavy atom. The summed E-state index contributed by atoms with van der Waals surface area (Å²) >= 11 is 0. The van der Waals surface area contributed by atoms with Crippen LogP contribution in [0.15, 0.2) is 16.6 Å². The first kappa shape index (κ1) is 6.53. The summed E-state index contributed by atoms with van der Waals surface area (Å²) in [5.41, 5.74) is 2.64. The molecular formula is C8H13N. The van der Waals surface area contributed by atoms with Crippen LogP contribution in [-0.2, 0) is 0 Å². The molecule has 0 aromatic heterocycles. The van der Waals surface area contributed by atoms with E-state index < -0.39 is 0 Å². The summed E-state index contributed by atoms with van der Waals surface area (Å²) in [7, 11) is 0. The summed E-state index contributed by atoms with van der Waals surface area (Å²) in [6.45, 7) is 7.40. The maximum Gasteiger partial charge on any atom is 0.0604 e. The van der Waals surface area contributed by atoms with Crippen LogP contribution < -0.4 is 0 Å². The van der Waals surface area contributed by atoms with Gasteiger partial charge in [0, 0.05) is 5.71 Å². The molecule has 1 aliphatic heterocycles. The minimum Gasteiger partial charge on any atom is -0.285 e. The maximum atomic E-state index is 4.34. The van der Waals surface area contributed by atoms with Crippen LogP contribution in [0.3, 0.4) is 0 Å². The van der Waals surface area contributed by atoms with Crippen molar-refractivity contribution >= 4 is 5.71 Å².